The van der Waals surface area contributed by atoms with Gasteiger partial charge in [0.05, 0.1) is 22.4 Å². The number of nitrogens with zero attached hydrogens (tertiary/aromatic N) is 4. The summed E-state index contributed by atoms with van der Waals surface area (Å²) in [6.45, 7) is 2.42. The summed E-state index contributed by atoms with van der Waals surface area (Å²) in [5, 5.41) is 18.0. The molecule has 8 nitrogen and oxygen atoms in total. The molecule has 2 aromatic rings. The fourth-order valence-electron chi connectivity index (χ4n) is 2.96. The van der Waals surface area contributed by atoms with Crippen molar-refractivity contribution in [3.05, 3.63) is 52.3 Å². The Bertz CT molecular complexity index is 746. The fraction of sp³-hybridized carbons (Fsp3) is 0.375. The van der Waals surface area contributed by atoms with Crippen molar-refractivity contribution in [2.75, 3.05) is 26.7 Å². The molecule has 0 saturated carbocycles. The molecule has 1 fully saturated rings. The maximum atomic E-state index is 12.5. The minimum absolute atomic E-state index is 0. The van der Waals surface area contributed by atoms with Crippen LogP contribution in [0.25, 0.3) is 5.69 Å². The lowest BCUT2D eigenvalue weighted by Gasteiger charge is -2.15. The molecule has 0 radical (unpaired) electrons. The van der Waals surface area contributed by atoms with Crippen molar-refractivity contribution in [2.45, 2.75) is 6.42 Å². The second-order valence-corrected chi connectivity index (χ2v) is 5.91. The first-order chi connectivity index (χ1) is 11.6. The van der Waals surface area contributed by atoms with E-state index < -0.39 is 4.92 Å². The lowest BCUT2D eigenvalue weighted by Crippen LogP contribution is -2.30. The number of aromatic nitrogens is 2. The van der Waals surface area contributed by atoms with Crippen LogP contribution in [0.15, 0.2) is 36.7 Å². The molecule has 1 saturated heterocycles. The van der Waals surface area contributed by atoms with Crippen molar-refractivity contribution in [3.63, 3.8) is 0 Å². The Morgan fingerprint density at radius 1 is 1.40 bits per heavy atom. The van der Waals surface area contributed by atoms with Gasteiger partial charge in [-0.3, -0.25) is 14.9 Å². The molecule has 1 aliphatic heterocycles. The maximum absolute atomic E-state index is 12.5. The van der Waals surface area contributed by atoms with Crippen molar-refractivity contribution in [2.24, 2.45) is 5.92 Å². The molecule has 1 N–H and O–H groups in total. The molecule has 134 valence electrons. The highest BCUT2D eigenvalue weighted by Gasteiger charge is 2.27. The van der Waals surface area contributed by atoms with Crippen LogP contribution in [0.2, 0.25) is 0 Å². The molecule has 1 aromatic heterocycles. The summed E-state index contributed by atoms with van der Waals surface area (Å²) in [5.41, 5.74) is 1.22. The van der Waals surface area contributed by atoms with Gasteiger partial charge in [-0.05, 0) is 38.1 Å². The van der Waals surface area contributed by atoms with Crippen LogP contribution in [0.4, 0.5) is 5.69 Å². The number of rotatable bonds is 5. The van der Waals surface area contributed by atoms with Gasteiger partial charge in [0.1, 0.15) is 0 Å². The third kappa shape index (κ3) is 4.15. The van der Waals surface area contributed by atoms with E-state index in [0.717, 1.165) is 26.1 Å². The van der Waals surface area contributed by atoms with Crippen molar-refractivity contribution < 1.29 is 9.72 Å². The Morgan fingerprint density at radius 3 is 2.76 bits per heavy atom. The van der Waals surface area contributed by atoms with Gasteiger partial charge in [0.2, 0.25) is 0 Å². The monoisotopic (exact) mass is 365 g/mol. The summed E-state index contributed by atoms with van der Waals surface area (Å²) < 4.78 is 1.55. The highest BCUT2D eigenvalue weighted by atomic mass is 35.5. The van der Waals surface area contributed by atoms with Gasteiger partial charge in [-0.25, -0.2) is 4.68 Å². The van der Waals surface area contributed by atoms with Gasteiger partial charge in [-0.15, -0.1) is 12.4 Å². The predicted molar refractivity (Wildman–Crippen MR) is 95.4 cm³/mol. The van der Waals surface area contributed by atoms with Crippen LogP contribution in [0.1, 0.15) is 16.8 Å². The zero-order valence-corrected chi connectivity index (χ0v) is 14.6. The van der Waals surface area contributed by atoms with E-state index in [1.807, 2.05) is 11.9 Å². The average Bonchev–Trinajstić information content (AvgIpc) is 3.24. The number of benzene rings is 1. The smallest absolute Gasteiger partial charge is 0.269 e. The van der Waals surface area contributed by atoms with E-state index >= 15 is 0 Å². The summed E-state index contributed by atoms with van der Waals surface area (Å²) in [6, 6.07) is 6.05. The Kier molecular flexibility index (Phi) is 6.11. The minimum Gasteiger partial charge on any atom is -0.338 e. The molecule has 1 atom stereocenters. The number of likely N-dealkylation sites (tertiary alicyclic amines) is 1. The van der Waals surface area contributed by atoms with Gasteiger partial charge in [0.25, 0.3) is 11.6 Å². The zero-order valence-electron chi connectivity index (χ0n) is 13.8. The first kappa shape index (κ1) is 18.9. The van der Waals surface area contributed by atoms with Gasteiger partial charge in [-0.1, -0.05) is 0 Å². The fourth-order valence-corrected chi connectivity index (χ4v) is 2.96. The quantitative estimate of drug-likeness (QED) is 0.645. The highest BCUT2D eigenvalue weighted by Crippen LogP contribution is 2.19. The van der Waals surface area contributed by atoms with E-state index in [1.165, 1.54) is 18.3 Å². The van der Waals surface area contributed by atoms with Crippen molar-refractivity contribution in [3.8, 4) is 5.69 Å². The SMILES string of the molecule is CNCC1CCN(C(=O)c2cnn(-c3ccc([N+](=O)[O-])cc3)c2)C1.Cl. The van der Waals surface area contributed by atoms with Gasteiger partial charge in [0.15, 0.2) is 0 Å². The molecule has 1 aliphatic rings. The van der Waals surface area contributed by atoms with Crippen LogP contribution in [-0.4, -0.2) is 52.2 Å². The number of amides is 1. The van der Waals surface area contributed by atoms with E-state index in [0.29, 0.717) is 17.2 Å². The number of hydrogen-bond acceptors (Lipinski definition) is 5. The standard InChI is InChI=1S/C16H19N5O3.ClH/c1-17-8-12-6-7-19(10-12)16(22)13-9-18-20(11-13)14-2-4-15(5-3-14)21(23)24;/h2-5,9,11-12,17H,6-8,10H2,1H3;1H. The molecule has 2 heterocycles. The van der Waals surface area contributed by atoms with Crippen LogP contribution < -0.4 is 5.32 Å². The molecule has 1 unspecified atom stereocenters. The first-order valence-electron chi connectivity index (χ1n) is 7.82. The number of halogens is 1. The third-order valence-electron chi connectivity index (χ3n) is 4.22. The highest BCUT2D eigenvalue weighted by molar-refractivity contribution is 5.94. The lowest BCUT2D eigenvalue weighted by molar-refractivity contribution is -0.384. The lowest BCUT2D eigenvalue weighted by atomic mass is 10.1. The van der Waals surface area contributed by atoms with Gasteiger partial charge in [0, 0.05) is 31.4 Å². The number of nitro benzene ring substituents is 1. The third-order valence-corrected chi connectivity index (χ3v) is 4.22. The zero-order chi connectivity index (χ0) is 17.1. The Labute approximate surface area is 151 Å². The molecule has 9 heteroatoms. The van der Waals surface area contributed by atoms with Crippen LogP contribution in [0.5, 0.6) is 0 Å². The average molecular weight is 366 g/mol. The summed E-state index contributed by atoms with van der Waals surface area (Å²) in [4.78, 5) is 24.6. The van der Waals surface area contributed by atoms with Crippen molar-refractivity contribution in [1.82, 2.24) is 20.0 Å². The number of non-ortho nitro benzene ring substituents is 1. The van der Waals surface area contributed by atoms with Crippen molar-refractivity contribution in [1.29, 1.82) is 0 Å². The van der Waals surface area contributed by atoms with Crippen molar-refractivity contribution >= 4 is 24.0 Å². The topological polar surface area (TPSA) is 93.3 Å². The molecule has 0 spiro atoms. The maximum Gasteiger partial charge on any atom is 0.269 e. The number of nitrogens with one attached hydrogen (secondary N) is 1. The molecular formula is C16H20ClN5O3. The first-order valence-corrected chi connectivity index (χ1v) is 7.82. The van der Waals surface area contributed by atoms with Gasteiger partial charge in [-0.2, -0.15) is 5.10 Å². The summed E-state index contributed by atoms with van der Waals surface area (Å²) >= 11 is 0. The molecule has 0 bridgehead atoms. The van der Waals surface area contributed by atoms with Crippen LogP contribution in [0, 0.1) is 16.0 Å². The molecule has 1 aromatic carbocycles. The molecule has 3 rings (SSSR count). The predicted octanol–water partition coefficient (Wildman–Crippen LogP) is 1.88. The summed E-state index contributed by atoms with van der Waals surface area (Å²) in [5.74, 6) is 0.463. The van der Waals surface area contributed by atoms with E-state index in [4.69, 9.17) is 0 Å². The molecule has 0 aliphatic carbocycles. The number of nitro groups is 1. The Balaban J connectivity index is 0.00000225. The Hall–Kier alpha value is -2.45. The number of carbonyl (C=O) groups is 1. The Morgan fingerprint density at radius 2 is 2.12 bits per heavy atom. The summed E-state index contributed by atoms with van der Waals surface area (Å²) in [6.07, 6.45) is 4.20. The van der Waals surface area contributed by atoms with E-state index in [1.54, 1.807) is 23.0 Å². The van der Waals surface area contributed by atoms with Crippen LogP contribution in [-0.2, 0) is 0 Å². The second-order valence-electron chi connectivity index (χ2n) is 5.91. The normalized spacial score (nSPS) is 16.5. The van der Waals surface area contributed by atoms with E-state index in [2.05, 4.69) is 10.4 Å². The minimum atomic E-state index is -0.448. The van der Waals surface area contributed by atoms with Crippen LogP contribution in [0.3, 0.4) is 0 Å². The van der Waals surface area contributed by atoms with Gasteiger partial charge < -0.3 is 10.2 Å². The number of carbonyl (C=O) groups excluding carboxylic acids is 1. The van der Waals surface area contributed by atoms with Crippen LogP contribution >= 0.6 is 12.4 Å². The molecule has 25 heavy (non-hydrogen) atoms. The molecule has 1 amide bonds. The largest absolute Gasteiger partial charge is 0.338 e. The summed E-state index contributed by atoms with van der Waals surface area (Å²) in [7, 11) is 1.92. The van der Waals surface area contributed by atoms with E-state index in [-0.39, 0.29) is 24.0 Å². The molecular weight excluding hydrogens is 346 g/mol. The van der Waals surface area contributed by atoms with Gasteiger partial charge >= 0.3 is 0 Å². The number of hydrogen-bond donors (Lipinski definition) is 1. The van der Waals surface area contributed by atoms with E-state index in [9.17, 15) is 14.9 Å². The second kappa shape index (κ2) is 8.09.